The van der Waals surface area contributed by atoms with Crippen LogP contribution in [0.1, 0.15) is 26.3 Å². The third kappa shape index (κ3) is 4.29. The van der Waals surface area contributed by atoms with Crippen LogP contribution in [0, 0.1) is 6.92 Å². The number of amides is 2. The van der Waals surface area contributed by atoms with Crippen molar-refractivity contribution < 1.29 is 14.3 Å². The van der Waals surface area contributed by atoms with Gasteiger partial charge in [-0.25, -0.2) is 0 Å². The molecule has 28 heavy (non-hydrogen) atoms. The SMILES string of the molecule is COc1ccccc1NC(=O)c1cncc(C(=O)Nc2cccc(Cl)c2C)c1. The van der Waals surface area contributed by atoms with Gasteiger partial charge in [0.1, 0.15) is 5.75 Å². The first-order valence-corrected chi connectivity index (χ1v) is 8.83. The number of pyridine rings is 1. The van der Waals surface area contributed by atoms with Gasteiger partial charge in [0, 0.05) is 23.1 Å². The fourth-order valence-corrected chi connectivity index (χ4v) is 2.74. The molecule has 0 radical (unpaired) electrons. The number of hydrogen-bond acceptors (Lipinski definition) is 4. The van der Waals surface area contributed by atoms with Crippen molar-refractivity contribution in [1.82, 2.24) is 4.98 Å². The summed E-state index contributed by atoms with van der Waals surface area (Å²) in [6.07, 6.45) is 2.79. The zero-order valence-corrected chi connectivity index (χ0v) is 16.1. The summed E-state index contributed by atoms with van der Waals surface area (Å²) >= 11 is 6.09. The molecule has 2 N–H and O–H groups in total. The third-order valence-corrected chi connectivity index (χ3v) is 4.54. The van der Waals surface area contributed by atoms with E-state index in [1.165, 1.54) is 25.6 Å². The minimum absolute atomic E-state index is 0.251. The zero-order chi connectivity index (χ0) is 20.1. The van der Waals surface area contributed by atoms with Gasteiger partial charge in [0.05, 0.1) is 23.9 Å². The van der Waals surface area contributed by atoms with E-state index in [9.17, 15) is 9.59 Å². The first-order chi connectivity index (χ1) is 13.5. The van der Waals surface area contributed by atoms with E-state index in [0.29, 0.717) is 22.1 Å². The summed E-state index contributed by atoms with van der Waals surface area (Å²) in [5.74, 6) is -0.246. The van der Waals surface area contributed by atoms with Crippen LogP contribution in [0.5, 0.6) is 5.75 Å². The van der Waals surface area contributed by atoms with Crippen molar-refractivity contribution in [3.8, 4) is 5.75 Å². The number of methoxy groups -OCH3 is 1. The Labute approximate surface area is 167 Å². The van der Waals surface area contributed by atoms with E-state index in [1.54, 1.807) is 42.5 Å². The topological polar surface area (TPSA) is 80.3 Å². The van der Waals surface area contributed by atoms with E-state index in [2.05, 4.69) is 15.6 Å². The number of carbonyl (C=O) groups is 2. The predicted octanol–water partition coefficient (Wildman–Crippen LogP) is 4.56. The molecule has 0 bridgehead atoms. The van der Waals surface area contributed by atoms with Crippen molar-refractivity contribution in [3.63, 3.8) is 0 Å². The third-order valence-electron chi connectivity index (χ3n) is 4.13. The number of hydrogen-bond donors (Lipinski definition) is 2. The van der Waals surface area contributed by atoms with Crippen LogP contribution in [0.4, 0.5) is 11.4 Å². The number of nitrogens with one attached hydrogen (secondary N) is 2. The molecule has 142 valence electrons. The molecule has 0 spiro atoms. The number of halogens is 1. The number of carbonyl (C=O) groups excluding carboxylic acids is 2. The second-order valence-corrected chi connectivity index (χ2v) is 6.39. The minimum Gasteiger partial charge on any atom is -0.495 e. The summed E-state index contributed by atoms with van der Waals surface area (Å²) in [6, 6.07) is 13.8. The fraction of sp³-hybridized carbons (Fsp3) is 0.0952. The molecule has 3 rings (SSSR count). The second-order valence-electron chi connectivity index (χ2n) is 5.98. The summed E-state index contributed by atoms with van der Waals surface area (Å²) < 4.78 is 5.23. The largest absolute Gasteiger partial charge is 0.495 e. The van der Waals surface area contributed by atoms with E-state index in [-0.39, 0.29) is 17.0 Å². The molecule has 1 aromatic heterocycles. The van der Waals surface area contributed by atoms with Crippen LogP contribution in [0.15, 0.2) is 60.9 Å². The molecular formula is C21H18ClN3O3. The van der Waals surface area contributed by atoms with Crippen LogP contribution in [0.25, 0.3) is 0 Å². The Bertz CT molecular complexity index is 1040. The van der Waals surface area contributed by atoms with E-state index >= 15 is 0 Å². The van der Waals surface area contributed by atoms with Crippen LogP contribution in [-0.2, 0) is 0 Å². The normalized spacial score (nSPS) is 10.2. The van der Waals surface area contributed by atoms with Crippen molar-refractivity contribution in [2.75, 3.05) is 17.7 Å². The molecule has 2 aromatic carbocycles. The Balaban J connectivity index is 1.78. The number of ether oxygens (including phenoxy) is 1. The van der Waals surface area contributed by atoms with Crippen LogP contribution in [0.2, 0.25) is 5.02 Å². The summed E-state index contributed by atoms with van der Waals surface area (Å²) in [5.41, 5.74) is 2.39. The maximum absolute atomic E-state index is 12.6. The standard InChI is InChI=1S/C21H18ClN3O3/c1-13-16(22)6-5-8-17(13)24-20(26)14-10-15(12-23-11-14)21(27)25-18-7-3-4-9-19(18)28-2/h3-12H,1-2H3,(H,24,26)(H,25,27). The molecule has 0 atom stereocenters. The highest BCUT2D eigenvalue weighted by molar-refractivity contribution is 6.31. The molecule has 0 fully saturated rings. The molecular weight excluding hydrogens is 378 g/mol. The van der Waals surface area contributed by atoms with Crippen molar-refractivity contribution >= 4 is 34.8 Å². The molecule has 0 saturated heterocycles. The van der Waals surface area contributed by atoms with E-state index in [4.69, 9.17) is 16.3 Å². The smallest absolute Gasteiger partial charge is 0.257 e. The van der Waals surface area contributed by atoms with E-state index < -0.39 is 5.91 Å². The lowest BCUT2D eigenvalue weighted by Crippen LogP contribution is -2.17. The fourth-order valence-electron chi connectivity index (χ4n) is 2.57. The highest BCUT2D eigenvalue weighted by Crippen LogP contribution is 2.25. The van der Waals surface area contributed by atoms with Crippen LogP contribution >= 0.6 is 11.6 Å². The summed E-state index contributed by atoms with van der Waals surface area (Å²) in [6.45, 7) is 1.81. The predicted molar refractivity (Wildman–Crippen MR) is 109 cm³/mol. The summed E-state index contributed by atoms with van der Waals surface area (Å²) in [4.78, 5) is 29.1. The lowest BCUT2D eigenvalue weighted by molar-refractivity contribution is 0.102. The molecule has 0 saturated carbocycles. The molecule has 0 aliphatic carbocycles. The monoisotopic (exact) mass is 395 g/mol. The average Bonchev–Trinajstić information content (AvgIpc) is 2.72. The Morgan fingerprint density at radius 3 is 2.21 bits per heavy atom. The van der Waals surface area contributed by atoms with E-state index in [1.807, 2.05) is 6.92 Å². The quantitative estimate of drug-likeness (QED) is 0.663. The minimum atomic E-state index is -0.398. The van der Waals surface area contributed by atoms with Crippen molar-refractivity contribution in [3.05, 3.63) is 82.6 Å². The van der Waals surface area contributed by atoms with Crippen LogP contribution in [-0.4, -0.2) is 23.9 Å². The molecule has 7 heteroatoms. The molecule has 0 aliphatic heterocycles. The number of nitrogens with zero attached hydrogens (tertiary/aromatic N) is 1. The summed E-state index contributed by atoms with van der Waals surface area (Å²) in [5, 5.41) is 6.10. The van der Waals surface area contributed by atoms with Crippen molar-refractivity contribution in [1.29, 1.82) is 0 Å². The average molecular weight is 396 g/mol. The number of aromatic nitrogens is 1. The van der Waals surface area contributed by atoms with Gasteiger partial charge in [-0.1, -0.05) is 29.8 Å². The first kappa shape index (κ1) is 19.4. The highest BCUT2D eigenvalue weighted by atomic mass is 35.5. The Hall–Kier alpha value is -3.38. The lowest BCUT2D eigenvalue weighted by Gasteiger charge is -2.11. The van der Waals surface area contributed by atoms with Crippen molar-refractivity contribution in [2.24, 2.45) is 0 Å². The second kappa shape index (κ2) is 8.54. The molecule has 2 amide bonds. The summed E-state index contributed by atoms with van der Waals surface area (Å²) in [7, 11) is 1.52. The zero-order valence-electron chi connectivity index (χ0n) is 15.3. The van der Waals surface area contributed by atoms with Crippen LogP contribution < -0.4 is 15.4 Å². The first-order valence-electron chi connectivity index (χ1n) is 8.45. The van der Waals surface area contributed by atoms with E-state index in [0.717, 1.165) is 5.56 Å². The van der Waals surface area contributed by atoms with Gasteiger partial charge in [0.15, 0.2) is 0 Å². The van der Waals surface area contributed by atoms with Crippen molar-refractivity contribution in [2.45, 2.75) is 6.92 Å². The number of anilines is 2. The molecule has 0 unspecified atom stereocenters. The number of para-hydroxylation sites is 2. The van der Waals surface area contributed by atoms with Gasteiger partial charge in [0.25, 0.3) is 11.8 Å². The Morgan fingerprint density at radius 2 is 1.54 bits per heavy atom. The van der Waals surface area contributed by atoms with Gasteiger partial charge in [-0.3, -0.25) is 14.6 Å². The molecule has 3 aromatic rings. The molecule has 1 heterocycles. The number of rotatable bonds is 5. The van der Waals surface area contributed by atoms with Crippen LogP contribution in [0.3, 0.4) is 0 Å². The maximum Gasteiger partial charge on any atom is 0.257 e. The number of benzene rings is 2. The molecule has 6 nitrogen and oxygen atoms in total. The highest BCUT2D eigenvalue weighted by Gasteiger charge is 2.14. The van der Waals surface area contributed by atoms with Gasteiger partial charge in [-0.2, -0.15) is 0 Å². The Morgan fingerprint density at radius 1 is 0.929 bits per heavy atom. The van der Waals surface area contributed by atoms with Gasteiger partial charge in [0.2, 0.25) is 0 Å². The maximum atomic E-state index is 12.6. The van der Waals surface area contributed by atoms with Gasteiger partial charge < -0.3 is 15.4 Å². The van der Waals surface area contributed by atoms with Gasteiger partial charge in [-0.05, 0) is 42.8 Å². The van der Waals surface area contributed by atoms with Gasteiger partial charge >= 0.3 is 0 Å². The van der Waals surface area contributed by atoms with Gasteiger partial charge in [-0.15, -0.1) is 0 Å². The lowest BCUT2D eigenvalue weighted by atomic mass is 10.1. The molecule has 0 aliphatic rings. The Kier molecular flexibility index (Phi) is 5.91.